The molecular weight excluding hydrogens is 294 g/mol. The predicted octanol–water partition coefficient (Wildman–Crippen LogP) is 1.61. The Balaban J connectivity index is 1.56. The molecule has 2 aromatic rings. The maximum absolute atomic E-state index is 12.2. The van der Waals surface area contributed by atoms with Crippen LogP contribution >= 0.6 is 0 Å². The van der Waals surface area contributed by atoms with Crippen LogP contribution in [0.4, 0.5) is 0 Å². The molecule has 3 rings (SSSR count). The zero-order valence-corrected chi connectivity index (χ0v) is 12.6. The maximum Gasteiger partial charge on any atom is 0.261 e. The fraction of sp³-hybridized carbons (Fsp3) is 0.235. The number of ether oxygens (including phenoxy) is 1. The number of nitrogens with two attached hydrogens (primary N) is 1. The van der Waals surface area contributed by atoms with Gasteiger partial charge in [-0.15, -0.1) is 0 Å². The Hall–Kier alpha value is -2.73. The number of hydrogen-bond acceptors (Lipinski definition) is 5. The van der Waals surface area contributed by atoms with Crippen molar-refractivity contribution in [2.24, 2.45) is 5.73 Å². The minimum Gasteiger partial charge on any atom is -0.492 e. The number of nitrogens with zero attached hydrogens (tertiary/aromatic N) is 2. The van der Waals surface area contributed by atoms with Gasteiger partial charge in [0.05, 0.1) is 23.9 Å². The third kappa shape index (κ3) is 2.93. The molecule has 118 valence electrons. The minimum absolute atomic E-state index is 0.241. The SMILES string of the molecule is NCc1ccncc1OCCCN1C(=O)c2ccccc2C1=O. The maximum atomic E-state index is 12.2. The highest BCUT2D eigenvalue weighted by molar-refractivity contribution is 6.21. The molecule has 0 fully saturated rings. The van der Waals surface area contributed by atoms with Crippen LogP contribution in [0.5, 0.6) is 5.75 Å². The predicted molar refractivity (Wildman–Crippen MR) is 84.0 cm³/mol. The average Bonchev–Trinajstić information content (AvgIpc) is 2.84. The fourth-order valence-electron chi connectivity index (χ4n) is 2.55. The molecule has 2 heterocycles. The average molecular weight is 311 g/mol. The van der Waals surface area contributed by atoms with Crippen LogP contribution in [0.3, 0.4) is 0 Å². The van der Waals surface area contributed by atoms with E-state index in [0.717, 1.165) is 5.56 Å². The van der Waals surface area contributed by atoms with Gasteiger partial charge in [0, 0.05) is 24.8 Å². The monoisotopic (exact) mass is 311 g/mol. The Labute approximate surface area is 133 Å². The standard InChI is InChI=1S/C17H17N3O3/c18-10-12-6-7-19-11-15(12)23-9-3-8-20-16(21)13-4-1-2-5-14(13)17(20)22/h1-2,4-7,11H,3,8-10,18H2. The Kier molecular flexibility index (Phi) is 4.34. The van der Waals surface area contributed by atoms with Crippen molar-refractivity contribution < 1.29 is 14.3 Å². The highest BCUT2D eigenvalue weighted by Crippen LogP contribution is 2.22. The number of carbonyl (C=O) groups excluding carboxylic acids is 2. The molecule has 0 atom stereocenters. The molecule has 0 bridgehead atoms. The molecule has 1 aliphatic rings. The van der Waals surface area contributed by atoms with Crippen molar-refractivity contribution in [3.63, 3.8) is 0 Å². The first-order valence-electron chi connectivity index (χ1n) is 7.43. The lowest BCUT2D eigenvalue weighted by Crippen LogP contribution is -2.31. The number of hydrogen-bond donors (Lipinski definition) is 1. The van der Waals surface area contributed by atoms with Crippen LogP contribution in [0.25, 0.3) is 0 Å². The van der Waals surface area contributed by atoms with Gasteiger partial charge >= 0.3 is 0 Å². The smallest absolute Gasteiger partial charge is 0.261 e. The van der Waals surface area contributed by atoms with E-state index in [1.807, 2.05) is 0 Å². The van der Waals surface area contributed by atoms with E-state index >= 15 is 0 Å². The Morgan fingerprint density at radius 3 is 2.43 bits per heavy atom. The summed E-state index contributed by atoms with van der Waals surface area (Å²) in [6, 6.07) is 8.67. The summed E-state index contributed by atoms with van der Waals surface area (Å²) in [5.41, 5.74) is 7.45. The second kappa shape index (κ2) is 6.58. The highest BCUT2D eigenvalue weighted by Gasteiger charge is 2.34. The zero-order chi connectivity index (χ0) is 16.2. The zero-order valence-electron chi connectivity index (χ0n) is 12.6. The quantitative estimate of drug-likeness (QED) is 0.647. The van der Waals surface area contributed by atoms with E-state index < -0.39 is 0 Å². The molecule has 6 nitrogen and oxygen atoms in total. The number of pyridine rings is 1. The van der Waals surface area contributed by atoms with Gasteiger partial charge in [0.15, 0.2) is 0 Å². The first kappa shape index (κ1) is 15.2. The van der Waals surface area contributed by atoms with Gasteiger partial charge in [-0.1, -0.05) is 12.1 Å². The summed E-state index contributed by atoms with van der Waals surface area (Å²) in [6.07, 6.45) is 3.82. The van der Waals surface area contributed by atoms with Crippen molar-refractivity contribution in [2.75, 3.05) is 13.2 Å². The first-order valence-corrected chi connectivity index (χ1v) is 7.43. The van der Waals surface area contributed by atoms with Crippen LogP contribution in [0, 0.1) is 0 Å². The number of fused-ring (bicyclic) bond motifs is 1. The second-order valence-corrected chi connectivity index (χ2v) is 5.20. The van der Waals surface area contributed by atoms with Crippen molar-refractivity contribution in [2.45, 2.75) is 13.0 Å². The third-order valence-electron chi connectivity index (χ3n) is 3.75. The Morgan fingerprint density at radius 2 is 1.78 bits per heavy atom. The van der Waals surface area contributed by atoms with Crippen molar-refractivity contribution in [1.82, 2.24) is 9.88 Å². The van der Waals surface area contributed by atoms with Crippen LogP contribution in [0.2, 0.25) is 0 Å². The van der Waals surface area contributed by atoms with E-state index in [9.17, 15) is 9.59 Å². The van der Waals surface area contributed by atoms with Gasteiger partial charge in [0.1, 0.15) is 5.75 Å². The van der Waals surface area contributed by atoms with Crippen molar-refractivity contribution in [1.29, 1.82) is 0 Å². The number of carbonyl (C=O) groups is 2. The fourth-order valence-corrected chi connectivity index (χ4v) is 2.55. The number of benzene rings is 1. The molecule has 0 saturated carbocycles. The van der Waals surface area contributed by atoms with Crippen LogP contribution in [0.15, 0.2) is 42.7 Å². The van der Waals surface area contributed by atoms with Gasteiger partial charge in [-0.05, 0) is 24.6 Å². The van der Waals surface area contributed by atoms with E-state index in [2.05, 4.69) is 4.98 Å². The molecule has 0 aliphatic carbocycles. The number of amides is 2. The van der Waals surface area contributed by atoms with Gasteiger partial charge in [0.25, 0.3) is 11.8 Å². The molecule has 1 aromatic carbocycles. The molecule has 2 amide bonds. The molecule has 0 saturated heterocycles. The summed E-state index contributed by atoms with van der Waals surface area (Å²) in [4.78, 5) is 29.7. The van der Waals surface area contributed by atoms with E-state index in [0.29, 0.717) is 43.0 Å². The van der Waals surface area contributed by atoms with Gasteiger partial charge in [-0.2, -0.15) is 0 Å². The molecule has 2 N–H and O–H groups in total. The molecule has 1 aromatic heterocycles. The molecule has 0 unspecified atom stereocenters. The largest absolute Gasteiger partial charge is 0.492 e. The normalized spacial score (nSPS) is 13.3. The van der Waals surface area contributed by atoms with Crippen LogP contribution in [0.1, 0.15) is 32.7 Å². The minimum atomic E-state index is -0.241. The summed E-state index contributed by atoms with van der Waals surface area (Å²) in [5.74, 6) is 0.154. The highest BCUT2D eigenvalue weighted by atomic mass is 16.5. The number of imide groups is 1. The first-order chi connectivity index (χ1) is 11.2. The molecule has 6 heteroatoms. The molecule has 23 heavy (non-hydrogen) atoms. The van der Waals surface area contributed by atoms with Crippen molar-refractivity contribution in [3.8, 4) is 5.75 Å². The van der Waals surface area contributed by atoms with E-state index in [4.69, 9.17) is 10.5 Å². The van der Waals surface area contributed by atoms with E-state index in [1.54, 1.807) is 42.7 Å². The van der Waals surface area contributed by atoms with Crippen LogP contribution < -0.4 is 10.5 Å². The molecule has 0 spiro atoms. The Morgan fingerprint density at radius 1 is 1.09 bits per heavy atom. The van der Waals surface area contributed by atoms with Crippen molar-refractivity contribution in [3.05, 3.63) is 59.4 Å². The molecule has 0 radical (unpaired) electrons. The number of rotatable bonds is 6. The van der Waals surface area contributed by atoms with Crippen LogP contribution in [-0.2, 0) is 6.54 Å². The summed E-state index contributed by atoms with van der Waals surface area (Å²) < 4.78 is 5.64. The Bertz CT molecular complexity index is 710. The van der Waals surface area contributed by atoms with Crippen molar-refractivity contribution >= 4 is 11.8 Å². The van der Waals surface area contributed by atoms with Gasteiger partial charge in [-0.3, -0.25) is 19.5 Å². The van der Waals surface area contributed by atoms with Crippen LogP contribution in [-0.4, -0.2) is 34.8 Å². The number of aromatic nitrogens is 1. The summed E-state index contributed by atoms with van der Waals surface area (Å²) >= 11 is 0. The van der Waals surface area contributed by atoms with E-state index in [-0.39, 0.29) is 11.8 Å². The van der Waals surface area contributed by atoms with Gasteiger partial charge in [0.2, 0.25) is 0 Å². The van der Waals surface area contributed by atoms with E-state index in [1.165, 1.54) is 4.90 Å². The lowest BCUT2D eigenvalue weighted by atomic mass is 10.1. The van der Waals surface area contributed by atoms with Gasteiger partial charge in [-0.25, -0.2) is 0 Å². The third-order valence-corrected chi connectivity index (χ3v) is 3.75. The summed E-state index contributed by atoms with van der Waals surface area (Å²) in [6.45, 7) is 1.08. The lowest BCUT2D eigenvalue weighted by molar-refractivity contribution is 0.0646. The topological polar surface area (TPSA) is 85.5 Å². The molecule has 1 aliphatic heterocycles. The second-order valence-electron chi connectivity index (χ2n) is 5.20. The molecular formula is C17H17N3O3. The summed E-state index contributed by atoms with van der Waals surface area (Å²) in [5, 5.41) is 0. The summed E-state index contributed by atoms with van der Waals surface area (Å²) in [7, 11) is 0. The van der Waals surface area contributed by atoms with Gasteiger partial charge < -0.3 is 10.5 Å². The lowest BCUT2D eigenvalue weighted by Gasteiger charge is -2.14.